The number of rotatable bonds is 3. The molecule has 2 heterocycles. The lowest BCUT2D eigenvalue weighted by Crippen LogP contribution is -2.14. The minimum absolute atomic E-state index is 0.0860. The smallest absolute Gasteiger partial charge is 0.342 e. The van der Waals surface area contributed by atoms with Crippen molar-refractivity contribution in [3.8, 4) is 5.75 Å². The molecule has 0 fully saturated rings. The SMILES string of the molecule is Cc1ccc(C(=O)OCc2nn3c(=O)cc(C)nc3s2)c(O)c1. The molecule has 1 aromatic carbocycles. The van der Waals surface area contributed by atoms with E-state index in [1.54, 1.807) is 13.0 Å². The summed E-state index contributed by atoms with van der Waals surface area (Å²) in [7, 11) is 0. The van der Waals surface area contributed by atoms with Crippen LogP contribution < -0.4 is 5.56 Å². The minimum Gasteiger partial charge on any atom is -0.507 e. The van der Waals surface area contributed by atoms with E-state index in [2.05, 4.69) is 10.1 Å². The Morgan fingerprint density at radius 2 is 2.13 bits per heavy atom. The standard InChI is InChI=1S/C15H13N3O4S/c1-8-3-4-10(11(19)5-8)14(21)22-7-12-17-18-13(20)6-9(2)16-15(18)23-12/h3-6,19H,7H2,1-2H3. The Bertz CT molecular complexity index is 961. The molecule has 118 valence electrons. The molecule has 7 nitrogen and oxygen atoms in total. The van der Waals surface area contributed by atoms with Crippen molar-refractivity contribution in [1.82, 2.24) is 14.6 Å². The lowest BCUT2D eigenvalue weighted by atomic mass is 10.1. The number of nitrogens with zero attached hydrogens (tertiary/aromatic N) is 3. The van der Waals surface area contributed by atoms with E-state index in [0.717, 1.165) is 5.56 Å². The first kappa shape index (κ1) is 15.2. The monoisotopic (exact) mass is 331 g/mol. The molecular formula is C15H13N3O4S. The molecule has 8 heteroatoms. The number of aromatic nitrogens is 3. The number of carbonyl (C=O) groups is 1. The van der Waals surface area contributed by atoms with Crippen molar-refractivity contribution in [2.24, 2.45) is 0 Å². The van der Waals surface area contributed by atoms with Gasteiger partial charge < -0.3 is 9.84 Å². The highest BCUT2D eigenvalue weighted by atomic mass is 32.1. The van der Waals surface area contributed by atoms with Crippen LogP contribution in [0.2, 0.25) is 0 Å². The van der Waals surface area contributed by atoms with E-state index in [0.29, 0.717) is 15.7 Å². The van der Waals surface area contributed by atoms with Gasteiger partial charge in [0.05, 0.1) is 0 Å². The van der Waals surface area contributed by atoms with Gasteiger partial charge >= 0.3 is 5.97 Å². The zero-order valence-corrected chi connectivity index (χ0v) is 13.3. The fourth-order valence-corrected chi connectivity index (χ4v) is 2.90. The Morgan fingerprint density at radius 1 is 1.35 bits per heavy atom. The van der Waals surface area contributed by atoms with E-state index in [-0.39, 0.29) is 23.5 Å². The highest BCUT2D eigenvalue weighted by Gasteiger charge is 2.14. The zero-order chi connectivity index (χ0) is 16.6. The number of phenols is 1. The molecule has 3 aromatic rings. The van der Waals surface area contributed by atoms with E-state index in [9.17, 15) is 14.7 Å². The summed E-state index contributed by atoms with van der Waals surface area (Å²) in [6.45, 7) is 3.43. The van der Waals surface area contributed by atoms with Crippen molar-refractivity contribution < 1.29 is 14.6 Å². The molecule has 2 aromatic heterocycles. The van der Waals surface area contributed by atoms with Gasteiger partial charge in [0.2, 0.25) is 4.96 Å². The maximum absolute atomic E-state index is 12.0. The summed E-state index contributed by atoms with van der Waals surface area (Å²) in [5, 5.41) is 14.3. The second kappa shape index (κ2) is 5.81. The third kappa shape index (κ3) is 3.07. The van der Waals surface area contributed by atoms with E-state index in [1.807, 2.05) is 6.92 Å². The maximum Gasteiger partial charge on any atom is 0.342 e. The van der Waals surface area contributed by atoms with Crippen molar-refractivity contribution >= 4 is 22.3 Å². The van der Waals surface area contributed by atoms with Crippen LogP contribution in [0.4, 0.5) is 0 Å². The molecule has 0 saturated carbocycles. The number of fused-ring (bicyclic) bond motifs is 1. The Kier molecular flexibility index (Phi) is 3.83. The molecule has 0 aliphatic rings. The van der Waals surface area contributed by atoms with Gasteiger partial charge in [-0.05, 0) is 31.5 Å². The molecule has 3 rings (SSSR count). The van der Waals surface area contributed by atoms with Crippen molar-refractivity contribution in [3.63, 3.8) is 0 Å². The van der Waals surface area contributed by atoms with Crippen LogP contribution in [0.3, 0.4) is 0 Å². The number of phenolic OH excluding ortho intramolecular Hbond substituents is 1. The molecule has 0 spiro atoms. The molecule has 1 N–H and O–H groups in total. The van der Waals surface area contributed by atoms with Crippen LogP contribution in [-0.4, -0.2) is 25.7 Å². The van der Waals surface area contributed by atoms with Crippen LogP contribution in [0.25, 0.3) is 4.96 Å². The Balaban J connectivity index is 1.79. The van der Waals surface area contributed by atoms with Gasteiger partial charge in [-0.1, -0.05) is 17.4 Å². The van der Waals surface area contributed by atoms with Crippen molar-refractivity contribution in [2.45, 2.75) is 20.5 Å². The van der Waals surface area contributed by atoms with Gasteiger partial charge in [-0.3, -0.25) is 4.79 Å². The molecule has 23 heavy (non-hydrogen) atoms. The molecule has 0 saturated heterocycles. The summed E-state index contributed by atoms with van der Waals surface area (Å²) >= 11 is 1.17. The van der Waals surface area contributed by atoms with E-state index >= 15 is 0 Å². The number of esters is 1. The number of hydrogen-bond donors (Lipinski definition) is 1. The molecule has 0 unspecified atom stereocenters. The number of aryl methyl sites for hydroxylation is 2. The summed E-state index contributed by atoms with van der Waals surface area (Å²) in [6.07, 6.45) is 0. The van der Waals surface area contributed by atoms with E-state index in [1.165, 1.54) is 34.1 Å². The Hall–Kier alpha value is -2.74. The largest absolute Gasteiger partial charge is 0.507 e. The molecule has 0 aliphatic heterocycles. The second-order valence-electron chi connectivity index (χ2n) is 5.02. The molecule has 0 bridgehead atoms. The highest BCUT2D eigenvalue weighted by Crippen LogP contribution is 2.20. The molecule has 0 aliphatic carbocycles. The molecule has 0 radical (unpaired) electrons. The topological polar surface area (TPSA) is 93.8 Å². The van der Waals surface area contributed by atoms with Crippen LogP contribution in [0.5, 0.6) is 5.75 Å². The van der Waals surface area contributed by atoms with Crippen molar-refractivity contribution in [3.05, 3.63) is 56.4 Å². The number of carbonyl (C=O) groups excluding carboxylic acids is 1. The number of benzene rings is 1. The second-order valence-corrected chi connectivity index (χ2v) is 6.06. The van der Waals surface area contributed by atoms with Gasteiger partial charge in [0.1, 0.15) is 17.9 Å². The average Bonchev–Trinajstić information content (AvgIpc) is 2.88. The van der Waals surface area contributed by atoms with Gasteiger partial charge in [0, 0.05) is 11.8 Å². The fraction of sp³-hybridized carbons (Fsp3) is 0.200. The van der Waals surface area contributed by atoms with E-state index in [4.69, 9.17) is 4.74 Å². The number of hydrogen-bond acceptors (Lipinski definition) is 7. The zero-order valence-electron chi connectivity index (χ0n) is 12.4. The van der Waals surface area contributed by atoms with Gasteiger partial charge in [0.25, 0.3) is 5.56 Å². The van der Waals surface area contributed by atoms with Gasteiger partial charge in [-0.2, -0.15) is 9.61 Å². The van der Waals surface area contributed by atoms with Crippen molar-refractivity contribution in [1.29, 1.82) is 0 Å². The highest BCUT2D eigenvalue weighted by molar-refractivity contribution is 7.16. The van der Waals surface area contributed by atoms with Crippen LogP contribution in [0.15, 0.2) is 29.1 Å². The molecular weight excluding hydrogens is 318 g/mol. The summed E-state index contributed by atoms with van der Waals surface area (Å²) < 4.78 is 6.31. The minimum atomic E-state index is -0.654. The third-order valence-corrected chi connectivity index (χ3v) is 4.00. The first-order chi connectivity index (χ1) is 10.9. The van der Waals surface area contributed by atoms with Crippen LogP contribution in [-0.2, 0) is 11.3 Å². The Morgan fingerprint density at radius 3 is 2.87 bits per heavy atom. The molecule has 0 amide bonds. The van der Waals surface area contributed by atoms with Crippen LogP contribution >= 0.6 is 11.3 Å². The fourth-order valence-electron chi connectivity index (χ4n) is 2.04. The lowest BCUT2D eigenvalue weighted by molar-refractivity contribution is 0.0468. The normalized spacial score (nSPS) is 10.9. The quantitative estimate of drug-likeness (QED) is 0.736. The van der Waals surface area contributed by atoms with Gasteiger partial charge in [-0.15, -0.1) is 0 Å². The first-order valence-electron chi connectivity index (χ1n) is 6.77. The number of aromatic hydroxyl groups is 1. The average molecular weight is 331 g/mol. The third-order valence-electron chi connectivity index (χ3n) is 3.11. The summed E-state index contributed by atoms with van der Waals surface area (Å²) in [5.74, 6) is -0.786. The van der Waals surface area contributed by atoms with E-state index < -0.39 is 5.97 Å². The van der Waals surface area contributed by atoms with Crippen molar-refractivity contribution in [2.75, 3.05) is 0 Å². The Labute approximate surface area is 134 Å². The lowest BCUT2D eigenvalue weighted by Gasteiger charge is -2.05. The summed E-state index contributed by atoms with van der Waals surface area (Å²) in [6, 6.07) is 6.08. The van der Waals surface area contributed by atoms with Gasteiger partial charge in [-0.25, -0.2) is 9.78 Å². The predicted molar refractivity (Wildman–Crippen MR) is 83.8 cm³/mol. The summed E-state index contributed by atoms with van der Waals surface area (Å²) in [4.78, 5) is 28.4. The predicted octanol–water partition coefficient (Wildman–Crippen LogP) is 1.83. The first-order valence-corrected chi connectivity index (χ1v) is 7.59. The molecule has 0 atom stereocenters. The number of ether oxygens (including phenoxy) is 1. The van der Waals surface area contributed by atoms with Gasteiger partial charge in [0.15, 0.2) is 5.01 Å². The van der Waals surface area contributed by atoms with Crippen LogP contribution in [0, 0.1) is 13.8 Å². The maximum atomic E-state index is 12.0. The van der Waals surface area contributed by atoms with Crippen LogP contribution in [0.1, 0.15) is 26.6 Å². The summed E-state index contributed by atoms with van der Waals surface area (Å²) in [5.41, 5.74) is 1.25.